The molecule has 0 aromatic heterocycles. The fraction of sp³-hybridized carbons (Fsp3) is 0.667. The third kappa shape index (κ3) is 6.47. The Morgan fingerprint density at radius 1 is 1.12 bits per heavy atom. The number of rotatable bonds is 6. The van der Waals surface area contributed by atoms with Crippen molar-refractivity contribution in [3.8, 4) is 0 Å². The average molecular weight is 401 g/mol. The molecule has 2 heterocycles. The fourth-order valence-electron chi connectivity index (χ4n) is 3.50. The highest BCUT2D eigenvalue weighted by atomic mass is 32.2. The second-order valence-electron chi connectivity index (χ2n) is 6.90. The molecule has 0 amide bonds. The van der Waals surface area contributed by atoms with Gasteiger partial charge in [0.1, 0.15) is 0 Å². The number of nitrogens with one attached hydrogen (secondary N) is 1. The fourth-order valence-corrected chi connectivity index (χ4v) is 7.35. The van der Waals surface area contributed by atoms with E-state index in [9.17, 15) is 8.42 Å². The first-order chi connectivity index (χ1) is 12.1. The van der Waals surface area contributed by atoms with Crippen LogP contribution in [0.1, 0.15) is 18.4 Å². The van der Waals surface area contributed by atoms with Crippen LogP contribution in [0.2, 0.25) is 0 Å². The van der Waals surface area contributed by atoms with E-state index >= 15 is 0 Å². The second-order valence-corrected chi connectivity index (χ2v) is 11.0. The van der Waals surface area contributed by atoms with Crippen LogP contribution in [0.5, 0.6) is 0 Å². The van der Waals surface area contributed by atoms with Gasteiger partial charge < -0.3 is 0 Å². The van der Waals surface area contributed by atoms with Crippen molar-refractivity contribution in [1.29, 1.82) is 0 Å². The first-order valence-corrected chi connectivity index (χ1v) is 13.0. The van der Waals surface area contributed by atoms with Crippen LogP contribution in [0.25, 0.3) is 0 Å². The Bertz CT molecular complexity index is 616. The maximum absolute atomic E-state index is 12.3. The molecule has 2 saturated heterocycles. The topological polar surface area (TPSA) is 49.4 Å². The van der Waals surface area contributed by atoms with E-state index in [0.717, 1.165) is 18.5 Å². The molecule has 0 spiro atoms. The van der Waals surface area contributed by atoms with Crippen LogP contribution >= 0.6 is 23.5 Å². The molecule has 0 unspecified atom stereocenters. The van der Waals surface area contributed by atoms with Crippen molar-refractivity contribution in [2.45, 2.75) is 24.6 Å². The van der Waals surface area contributed by atoms with Crippen molar-refractivity contribution in [1.82, 2.24) is 9.62 Å². The van der Waals surface area contributed by atoms with Gasteiger partial charge in [0, 0.05) is 42.1 Å². The van der Waals surface area contributed by atoms with Crippen LogP contribution in [0.3, 0.4) is 0 Å². The third-order valence-electron chi connectivity index (χ3n) is 4.85. The first kappa shape index (κ1) is 19.5. The molecule has 1 aromatic rings. The Morgan fingerprint density at radius 3 is 2.56 bits per heavy atom. The first-order valence-electron chi connectivity index (χ1n) is 9.03. The van der Waals surface area contributed by atoms with Gasteiger partial charge in [-0.15, -0.1) is 0 Å². The summed E-state index contributed by atoms with van der Waals surface area (Å²) in [7, 11) is -3.26. The van der Waals surface area contributed by atoms with E-state index in [1.165, 1.54) is 36.0 Å². The second kappa shape index (κ2) is 9.65. The predicted octanol–water partition coefficient (Wildman–Crippen LogP) is 2.67. The number of benzene rings is 1. The van der Waals surface area contributed by atoms with E-state index in [1.54, 1.807) is 0 Å². The lowest BCUT2D eigenvalue weighted by molar-refractivity contribution is 0.146. The maximum Gasteiger partial charge on any atom is 0.215 e. The van der Waals surface area contributed by atoms with Gasteiger partial charge in [-0.2, -0.15) is 23.5 Å². The Labute approximate surface area is 160 Å². The molecule has 0 saturated carbocycles. The summed E-state index contributed by atoms with van der Waals surface area (Å²) in [5.41, 5.74) is 0.841. The molecule has 1 N–H and O–H groups in total. The molecule has 140 valence electrons. The van der Waals surface area contributed by atoms with Gasteiger partial charge in [-0.3, -0.25) is 4.90 Å². The molecule has 4 nitrogen and oxygen atoms in total. The highest BCUT2D eigenvalue weighted by Crippen LogP contribution is 2.25. The van der Waals surface area contributed by atoms with E-state index in [-0.39, 0.29) is 5.75 Å². The van der Waals surface area contributed by atoms with E-state index in [0.29, 0.717) is 18.5 Å². The van der Waals surface area contributed by atoms with Gasteiger partial charge in [0.05, 0.1) is 5.75 Å². The summed E-state index contributed by atoms with van der Waals surface area (Å²) in [4.78, 5) is 2.60. The molecule has 25 heavy (non-hydrogen) atoms. The molecular weight excluding hydrogens is 372 g/mol. The zero-order valence-corrected chi connectivity index (χ0v) is 17.1. The van der Waals surface area contributed by atoms with Crippen LogP contribution < -0.4 is 4.72 Å². The lowest BCUT2D eigenvalue weighted by Crippen LogP contribution is -2.47. The summed E-state index contributed by atoms with van der Waals surface area (Å²) < 4.78 is 27.5. The standard InChI is InChI=1S/C18H28N2O2S3/c21-25(22,15-16-5-2-1-3-6-16)19-11-17-7-4-8-20(12-17)18-13-23-9-10-24-14-18/h1-3,5-6,17-19H,4,7-15H2/t17-/m0/s1. The normalized spacial score (nSPS) is 24.1. The lowest BCUT2D eigenvalue weighted by atomic mass is 9.97. The van der Waals surface area contributed by atoms with Crippen molar-refractivity contribution < 1.29 is 8.42 Å². The minimum atomic E-state index is -3.26. The van der Waals surface area contributed by atoms with Crippen LogP contribution in [-0.2, 0) is 15.8 Å². The zero-order valence-electron chi connectivity index (χ0n) is 14.6. The summed E-state index contributed by atoms with van der Waals surface area (Å²) in [5.74, 6) is 5.46. The molecule has 2 aliphatic heterocycles. The van der Waals surface area contributed by atoms with E-state index in [4.69, 9.17) is 0 Å². The Balaban J connectivity index is 1.48. The van der Waals surface area contributed by atoms with E-state index in [2.05, 4.69) is 33.1 Å². The van der Waals surface area contributed by atoms with Gasteiger partial charge >= 0.3 is 0 Å². The Kier molecular flexibility index (Phi) is 7.54. The Hall–Kier alpha value is -0.210. The molecule has 7 heteroatoms. The summed E-state index contributed by atoms with van der Waals surface area (Å²) in [6.45, 7) is 2.76. The van der Waals surface area contributed by atoms with Crippen molar-refractivity contribution in [2.24, 2.45) is 5.92 Å². The molecule has 2 fully saturated rings. The summed E-state index contributed by atoms with van der Waals surface area (Å²) in [5, 5.41) is 0. The summed E-state index contributed by atoms with van der Waals surface area (Å²) in [6, 6.07) is 10.1. The molecule has 0 bridgehead atoms. The summed E-state index contributed by atoms with van der Waals surface area (Å²) >= 11 is 4.13. The monoisotopic (exact) mass is 400 g/mol. The number of thioether (sulfide) groups is 2. The quantitative estimate of drug-likeness (QED) is 0.796. The number of piperidine rings is 1. The van der Waals surface area contributed by atoms with Crippen molar-refractivity contribution >= 4 is 33.5 Å². The number of nitrogens with zero attached hydrogens (tertiary/aromatic N) is 1. The lowest BCUT2D eigenvalue weighted by Gasteiger charge is -2.37. The largest absolute Gasteiger partial charge is 0.298 e. The van der Waals surface area contributed by atoms with Gasteiger partial charge in [-0.1, -0.05) is 30.3 Å². The number of hydrogen-bond acceptors (Lipinski definition) is 5. The molecule has 0 aliphatic carbocycles. The van der Waals surface area contributed by atoms with Gasteiger partial charge in [0.15, 0.2) is 0 Å². The average Bonchev–Trinajstić information content (AvgIpc) is 2.90. The van der Waals surface area contributed by atoms with Gasteiger partial charge in [0.2, 0.25) is 10.0 Å². The van der Waals surface area contributed by atoms with Crippen LogP contribution in [-0.4, -0.2) is 62.0 Å². The number of likely N-dealkylation sites (tertiary alicyclic amines) is 1. The molecule has 1 atom stereocenters. The smallest absolute Gasteiger partial charge is 0.215 e. The van der Waals surface area contributed by atoms with E-state index < -0.39 is 10.0 Å². The third-order valence-corrected chi connectivity index (χ3v) is 8.66. The molecule has 3 rings (SSSR count). The van der Waals surface area contributed by atoms with Gasteiger partial charge in [0.25, 0.3) is 0 Å². The maximum atomic E-state index is 12.3. The molecule has 0 radical (unpaired) electrons. The van der Waals surface area contributed by atoms with Crippen LogP contribution in [0, 0.1) is 5.92 Å². The SMILES string of the molecule is O=S(=O)(Cc1ccccc1)NC[C@@H]1CCCN(C2CSCCSC2)C1. The van der Waals surface area contributed by atoms with Crippen LogP contribution in [0.15, 0.2) is 30.3 Å². The highest BCUT2D eigenvalue weighted by Gasteiger charge is 2.27. The minimum Gasteiger partial charge on any atom is -0.298 e. The molecular formula is C18H28N2O2S3. The van der Waals surface area contributed by atoms with Crippen molar-refractivity contribution in [2.75, 3.05) is 42.6 Å². The predicted molar refractivity (Wildman–Crippen MR) is 110 cm³/mol. The van der Waals surface area contributed by atoms with Crippen molar-refractivity contribution in [3.63, 3.8) is 0 Å². The van der Waals surface area contributed by atoms with Crippen molar-refractivity contribution in [3.05, 3.63) is 35.9 Å². The summed E-state index contributed by atoms with van der Waals surface area (Å²) in [6.07, 6.45) is 2.30. The Morgan fingerprint density at radius 2 is 1.84 bits per heavy atom. The highest BCUT2D eigenvalue weighted by molar-refractivity contribution is 8.03. The minimum absolute atomic E-state index is 0.0696. The zero-order chi connectivity index (χ0) is 17.5. The molecule has 1 aromatic carbocycles. The number of sulfonamides is 1. The molecule has 2 aliphatic rings. The van der Waals surface area contributed by atoms with Gasteiger partial charge in [-0.05, 0) is 30.9 Å². The van der Waals surface area contributed by atoms with Crippen LogP contribution in [0.4, 0.5) is 0 Å². The van der Waals surface area contributed by atoms with Gasteiger partial charge in [-0.25, -0.2) is 13.1 Å². The van der Waals surface area contributed by atoms with E-state index in [1.807, 2.05) is 30.3 Å². The number of hydrogen-bond donors (Lipinski definition) is 1.